The predicted octanol–water partition coefficient (Wildman–Crippen LogP) is 10.1. The second-order valence-corrected chi connectivity index (χ2v) is 17.2. The first-order valence-corrected chi connectivity index (χ1v) is 19.0. The van der Waals surface area contributed by atoms with Crippen LogP contribution in [0.1, 0.15) is 0 Å². The number of hydrogen-bond acceptors (Lipinski definition) is 16. The molecule has 0 radical (unpaired) electrons. The largest absolute Gasteiger partial charge is 0.272 e. The highest BCUT2D eigenvalue weighted by atomic mass is 32.1. The lowest BCUT2D eigenvalue weighted by atomic mass is 10.1. The van der Waals surface area contributed by atoms with Crippen LogP contribution in [0.2, 0.25) is 0 Å². The Morgan fingerprint density at radius 3 is 1.32 bits per heavy atom. The lowest BCUT2D eigenvalue weighted by Crippen LogP contribution is -1.76. The number of hydrogen-bond donors (Lipinski definition) is 0. The van der Waals surface area contributed by atoms with Crippen LogP contribution in [0.4, 0.5) is 8.78 Å². The third-order valence-electron chi connectivity index (χ3n) is 6.55. The fourth-order valence-electron chi connectivity index (χ4n) is 4.67. The van der Waals surface area contributed by atoms with Gasteiger partial charge in [0, 0.05) is 12.4 Å². The minimum absolute atomic E-state index is 0.470. The molecule has 0 saturated heterocycles. The molecule has 8 nitrogen and oxygen atoms in total. The summed E-state index contributed by atoms with van der Waals surface area (Å²) in [5.41, 5.74) is 1.85. The highest BCUT2D eigenvalue weighted by Crippen LogP contribution is 2.42. The fourth-order valence-corrected chi connectivity index (χ4v) is 12.1. The van der Waals surface area contributed by atoms with Gasteiger partial charge in [0.15, 0.2) is 39.4 Å². The minimum Gasteiger partial charge on any atom is -0.241 e. The summed E-state index contributed by atoms with van der Waals surface area (Å²) in [6.45, 7) is 0. The van der Waals surface area contributed by atoms with E-state index in [-0.39, 0.29) is 0 Å². The molecule has 44 heavy (non-hydrogen) atoms. The van der Waals surface area contributed by atoms with Gasteiger partial charge in [-0.3, -0.25) is 0 Å². The van der Waals surface area contributed by atoms with Gasteiger partial charge in [-0.05, 0) is 35.0 Å². The Labute approximate surface area is 274 Å². The van der Waals surface area contributed by atoms with Crippen molar-refractivity contribution in [1.82, 2.24) is 39.9 Å². The highest BCUT2D eigenvalue weighted by molar-refractivity contribution is 7.32. The molecule has 0 aliphatic rings. The van der Waals surface area contributed by atoms with E-state index in [1.807, 2.05) is 12.4 Å². The molecule has 212 valence electrons. The van der Waals surface area contributed by atoms with E-state index in [4.69, 9.17) is 9.97 Å². The van der Waals surface area contributed by atoms with E-state index >= 15 is 0 Å². The van der Waals surface area contributed by atoms with Crippen LogP contribution in [-0.4, -0.2) is 39.9 Å². The Morgan fingerprint density at radius 1 is 0.409 bits per heavy atom. The number of rotatable bonds is 4. The van der Waals surface area contributed by atoms with Crippen molar-refractivity contribution in [1.29, 1.82) is 0 Å². The molecule has 18 heteroatoms. The first kappa shape index (κ1) is 25.9. The van der Waals surface area contributed by atoms with Crippen molar-refractivity contribution in [3.63, 3.8) is 0 Å². The van der Waals surface area contributed by atoms with Gasteiger partial charge in [0.05, 0.1) is 30.2 Å². The zero-order valence-electron chi connectivity index (χ0n) is 21.1. The summed E-state index contributed by atoms with van der Waals surface area (Å²) in [5.74, 6) is 0. The van der Waals surface area contributed by atoms with Crippen LogP contribution >= 0.6 is 90.7 Å². The van der Waals surface area contributed by atoms with Gasteiger partial charge in [0.25, 0.3) is 10.5 Å². The molecule has 0 aliphatic heterocycles. The van der Waals surface area contributed by atoms with Crippen molar-refractivity contribution >= 4 is 141 Å². The zero-order chi connectivity index (χ0) is 29.1. The topological polar surface area (TPSA) is 103 Å². The molecular weight excluding hydrogens is 719 g/mol. The summed E-state index contributed by atoms with van der Waals surface area (Å²) >= 11 is 10.9. The maximum Gasteiger partial charge on any atom is 0.272 e. The van der Waals surface area contributed by atoms with E-state index in [1.165, 1.54) is 45.3 Å². The average Bonchev–Trinajstić information content (AvgIpc) is 3.82. The van der Waals surface area contributed by atoms with Gasteiger partial charge in [0.1, 0.15) is 10.0 Å². The highest BCUT2D eigenvalue weighted by Gasteiger charge is 2.19. The van der Waals surface area contributed by atoms with E-state index in [0.29, 0.717) is 19.3 Å². The van der Waals surface area contributed by atoms with Gasteiger partial charge in [-0.1, -0.05) is 45.3 Å². The fraction of sp³-hybridized carbons (Fsp3) is 0. The second-order valence-electron chi connectivity index (χ2n) is 9.28. The van der Waals surface area contributed by atoms with Crippen LogP contribution < -0.4 is 0 Å². The third kappa shape index (κ3) is 4.17. The van der Waals surface area contributed by atoms with Gasteiger partial charge in [-0.2, -0.15) is 18.7 Å². The third-order valence-corrected chi connectivity index (χ3v) is 14.8. The molecule has 0 spiro atoms. The first-order valence-electron chi connectivity index (χ1n) is 12.4. The van der Waals surface area contributed by atoms with Gasteiger partial charge < -0.3 is 0 Å². The van der Waals surface area contributed by atoms with Gasteiger partial charge in [0.2, 0.25) is 0 Å². The smallest absolute Gasteiger partial charge is 0.241 e. The monoisotopic (exact) mass is 724 g/mol. The Kier molecular flexibility index (Phi) is 5.64. The van der Waals surface area contributed by atoms with Crippen molar-refractivity contribution in [2.45, 2.75) is 0 Å². The molecule has 0 amide bonds. The summed E-state index contributed by atoms with van der Waals surface area (Å²) < 4.78 is 28.9. The number of thiazole rings is 8. The molecule has 8 heterocycles. The molecule has 0 aliphatic carbocycles. The molecule has 0 atom stereocenters. The Bertz CT molecular complexity index is 2420. The van der Waals surface area contributed by atoms with Gasteiger partial charge in [-0.15, -0.1) is 45.3 Å². The molecule has 10 aromatic rings. The lowest BCUT2D eigenvalue weighted by Gasteiger charge is -1.97. The number of aromatic nitrogens is 8. The van der Waals surface area contributed by atoms with Crippen LogP contribution in [0.3, 0.4) is 0 Å². The normalized spacial score (nSPS) is 12.3. The standard InChI is InChI=1S/C26H6F2N8S8/c27-25-35-23-21(43-25)33-19(41-23)17-29-5-13(39-17)15-31-9-1-7-3-12-10(2-8(7)4-11(9)37-15)32-16(38-12)14-6-30-18(40-14)20-34-22-24(42-20)36-26(28)44-22/h1-6H. The quantitative estimate of drug-likeness (QED) is 0.177. The Morgan fingerprint density at radius 2 is 0.864 bits per heavy atom. The van der Waals surface area contributed by atoms with Crippen LogP contribution in [0, 0.1) is 10.5 Å². The van der Waals surface area contributed by atoms with Crippen molar-refractivity contribution in [3.05, 3.63) is 47.2 Å². The van der Waals surface area contributed by atoms with E-state index < -0.39 is 10.5 Å². The summed E-state index contributed by atoms with van der Waals surface area (Å²) in [6.07, 6.45) is 3.64. The van der Waals surface area contributed by atoms with E-state index in [1.54, 1.807) is 22.7 Å². The molecule has 0 unspecified atom stereocenters. The number of nitrogens with zero attached hydrogens (tertiary/aromatic N) is 8. The lowest BCUT2D eigenvalue weighted by molar-refractivity contribution is 0.620. The molecule has 0 N–H and O–H groups in total. The number of fused-ring (bicyclic) bond motifs is 5. The van der Waals surface area contributed by atoms with Gasteiger partial charge in [-0.25, -0.2) is 29.9 Å². The molecule has 0 bridgehead atoms. The number of benzene rings is 2. The first-order chi connectivity index (χ1) is 21.5. The van der Waals surface area contributed by atoms with Crippen molar-refractivity contribution in [2.24, 2.45) is 0 Å². The Hall–Kier alpha value is -3.36. The maximum atomic E-state index is 13.4. The minimum atomic E-state index is -0.470. The summed E-state index contributed by atoms with van der Waals surface area (Å²) in [5, 5.41) is 6.06. The molecular formula is C26H6F2N8S8. The van der Waals surface area contributed by atoms with E-state index in [0.717, 1.165) is 93.7 Å². The summed E-state index contributed by atoms with van der Waals surface area (Å²) in [6, 6.07) is 8.57. The molecule has 0 fully saturated rings. The molecule has 2 aromatic carbocycles. The van der Waals surface area contributed by atoms with Gasteiger partial charge >= 0.3 is 0 Å². The predicted molar refractivity (Wildman–Crippen MR) is 181 cm³/mol. The summed E-state index contributed by atoms with van der Waals surface area (Å²) in [4.78, 5) is 40.1. The molecule has 8 aromatic heterocycles. The van der Waals surface area contributed by atoms with Crippen LogP contribution in [0.25, 0.3) is 90.3 Å². The Balaban J connectivity index is 0.972. The molecule has 10 rings (SSSR count). The van der Waals surface area contributed by atoms with E-state index in [9.17, 15) is 8.78 Å². The van der Waals surface area contributed by atoms with Crippen LogP contribution in [0.5, 0.6) is 0 Å². The zero-order valence-corrected chi connectivity index (χ0v) is 27.6. The van der Waals surface area contributed by atoms with Crippen molar-refractivity contribution in [2.75, 3.05) is 0 Å². The molecule has 0 saturated carbocycles. The van der Waals surface area contributed by atoms with E-state index in [2.05, 4.69) is 54.2 Å². The van der Waals surface area contributed by atoms with Crippen molar-refractivity contribution in [3.8, 4) is 39.8 Å². The maximum absolute atomic E-state index is 13.4. The SMILES string of the molecule is Fc1nc2sc(-c3ncc(-c4nc5cc6cc7sc(-c8cnc(-c9nc%10sc(F)nc%10s9)s8)nc7cc6cc5s4)s3)nc2s1. The number of halogens is 2. The summed E-state index contributed by atoms with van der Waals surface area (Å²) in [7, 11) is 0. The van der Waals surface area contributed by atoms with Crippen molar-refractivity contribution < 1.29 is 8.78 Å². The van der Waals surface area contributed by atoms with Crippen LogP contribution in [-0.2, 0) is 0 Å². The van der Waals surface area contributed by atoms with Crippen LogP contribution in [0.15, 0.2) is 36.7 Å². The average molecular weight is 725 g/mol. The second kappa shape index (κ2) is 9.57.